The van der Waals surface area contributed by atoms with Crippen LogP contribution in [0.5, 0.6) is 0 Å². The molecule has 4 bridgehead atoms. The Bertz CT molecular complexity index is 543. The van der Waals surface area contributed by atoms with Crippen LogP contribution in [-0.4, -0.2) is 12.6 Å². The van der Waals surface area contributed by atoms with Crippen molar-refractivity contribution in [2.75, 3.05) is 6.61 Å². The second kappa shape index (κ2) is 5.92. The molecule has 0 N–H and O–H groups in total. The molecule has 0 atom stereocenters. The highest BCUT2D eigenvalue weighted by atomic mass is 16.5. The minimum atomic E-state index is -0.108. The van der Waals surface area contributed by atoms with Crippen LogP contribution in [0.4, 0.5) is 0 Å². The molecule has 4 aliphatic rings. The Morgan fingerprint density at radius 2 is 1.70 bits per heavy atom. The maximum Gasteiger partial charge on any atom is 0.372 e. The summed E-state index contributed by atoms with van der Waals surface area (Å²) in [6, 6.07) is 4.03. The largest absolute Gasteiger partial charge is 0.461 e. The summed E-state index contributed by atoms with van der Waals surface area (Å²) >= 11 is 0. The Morgan fingerprint density at radius 1 is 1.13 bits per heavy atom. The summed E-state index contributed by atoms with van der Waals surface area (Å²) in [5, 5.41) is 0. The Labute approximate surface area is 139 Å². The zero-order valence-electron chi connectivity index (χ0n) is 14.2. The molecule has 4 aliphatic carbocycles. The highest BCUT2D eigenvalue weighted by Gasteiger charge is 2.50. The van der Waals surface area contributed by atoms with Crippen LogP contribution < -0.4 is 4.57 Å². The lowest BCUT2D eigenvalue weighted by atomic mass is 9.49. The Hall–Kier alpha value is -1.38. The molecule has 1 aromatic rings. The number of hydrogen-bond acceptors (Lipinski definition) is 2. The normalized spacial score (nSPS) is 34.6. The van der Waals surface area contributed by atoms with Gasteiger partial charge in [-0.3, -0.25) is 0 Å². The van der Waals surface area contributed by atoms with Crippen LogP contribution in [0.15, 0.2) is 24.5 Å². The average molecular weight is 314 g/mol. The first-order chi connectivity index (χ1) is 11.1. The Morgan fingerprint density at radius 3 is 2.26 bits per heavy atom. The molecule has 0 spiro atoms. The SMILES string of the molecule is Cc1cc[n+](CC(=O)OCCC23CC4CC(CC(C4)C2)C3)cc1. The van der Waals surface area contributed by atoms with Crippen LogP contribution in [0, 0.1) is 30.1 Å². The van der Waals surface area contributed by atoms with Crippen LogP contribution in [0.2, 0.25) is 0 Å². The lowest BCUT2D eigenvalue weighted by Crippen LogP contribution is -2.46. The summed E-state index contributed by atoms with van der Waals surface area (Å²) in [4.78, 5) is 12.0. The molecule has 23 heavy (non-hydrogen) atoms. The fraction of sp³-hybridized carbons (Fsp3) is 0.700. The molecule has 3 heteroatoms. The minimum Gasteiger partial charge on any atom is -0.461 e. The van der Waals surface area contributed by atoms with Gasteiger partial charge in [-0.15, -0.1) is 0 Å². The quantitative estimate of drug-likeness (QED) is 0.616. The molecule has 0 aromatic carbocycles. The van der Waals surface area contributed by atoms with Crippen molar-refractivity contribution in [3.05, 3.63) is 30.1 Å². The van der Waals surface area contributed by atoms with Gasteiger partial charge < -0.3 is 4.74 Å². The summed E-state index contributed by atoms with van der Waals surface area (Å²) < 4.78 is 7.44. The number of aryl methyl sites for hydroxylation is 1. The predicted molar refractivity (Wildman–Crippen MR) is 87.6 cm³/mol. The van der Waals surface area contributed by atoms with Gasteiger partial charge >= 0.3 is 5.97 Å². The molecule has 4 saturated carbocycles. The van der Waals surface area contributed by atoms with E-state index >= 15 is 0 Å². The molecule has 0 radical (unpaired) electrons. The van der Waals surface area contributed by atoms with Crippen LogP contribution in [-0.2, 0) is 16.1 Å². The summed E-state index contributed by atoms with van der Waals surface area (Å²) in [7, 11) is 0. The molecular weight excluding hydrogens is 286 g/mol. The van der Waals surface area contributed by atoms with Gasteiger partial charge in [0.15, 0.2) is 12.4 Å². The van der Waals surface area contributed by atoms with Crippen LogP contribution in [0.25, 0.3) is 0 Å². The van der Waals surface area contributed by atoms with E-state index in [2.05, 4.69) is 0 Å². The molecule has 1 aromatic heterocycles. The van der Waals surface area contributed by atoms with E-state index in [1.807, 2.05) is 36.0 Å². The van der Waals surface area contributed by atoms with Gasteiger partial charge in [0.05, 0.1) is 6.61 Å². The van der Waals surface area contributed by atoms with Gasteiger partial charge in [-0.05, 0) is 80.6 Å². The summed E-state index contributed by atoms with van der Waals surface area (Å²) in [5.41, 5.74) is 1.71. The van der Waals surface area contributed by atoms with E-state index in [0.29, 0.717) is 18.6 Å². The first kappa shape index (κ1) is 15.2. The minimum absolute atomic E-state index is 0.108. The number of pyridine rings is 1. The second-order valence-electron chi connectivity index (χ2n) is 8.44. The van der Waals surface area contributed by atoms with Gasteiger partial charge in [-0.2, -0.15) is 4.57 Å². The fourth-order valence-corrected chi connectivity index (χ4v) is 5.81. The van der Waals surface area contributed by atoms with Crippen LogP contribution in [0.1, 0.15) is 50.5 Å². The van der Waals surface area contributed by atoms with Gasteiger partial charge in [-0.1, -0.05) is 0 Å². The molecule has 1 heterocycles. The molecule has 0 amide bonds. The van der Waals surface area contributed by atoms with Crippen molar-refractivity contribution < 1.29 is 14.1 Å². The molecule has 0 aliphatic heterocycles. The van der Waals surface area contributed by atoms with Crippen LogP contribution >= 0.6 is 0 Å². The van der Waals surface area contributed by atoms with E-state index in [1.165, 1.54) is 44.1 Å². The van der Waals surface area contributed by atoms with Crippen molar-refractivity contribution in [1.82, 2.24) is 0 Å². The lowest BCUT2D eigenvalue weighted by Gasteiger charge is -2.57. The maximum absolute atomic E-state index is 12.0. The van der Waals surface area contributed by atoms with E-state index in [-0.39, 0.29) is 5.97 Å². The summed E-state index contributed by atoms with van der Waals surface area (Å²) in [6.45, 7) is 2.98. The van der Waals surface area contributed by atoms with Gasteiger partial charge in [0.25, 0.3) is 0 Å². The monoisotopic (exact) mass is 314 g/mol. The van der Waals surface area contributed by atoms with Gasteiger partial charge in [0, 0.05) is 12.1 Å². The highest BCUT2D eigenvalue weighted by Crippen LogP contribution is 2.61. The van der Waals surface area contributed by atoms with Gasteiger partial charge in [0.1, 0.15) is 0 Å². The molecule has 0 unspecified atom stereocenters. The number of esters is 1. The van der Waals surface area contributed by atoms with Crippen LogP contribution in [0.3, 0.4) is 0 Å². The van der Waals surface area contributed by atoms with Crippen molar-refractivity contribution in [2.24, 2.45) is 23.2 Å². The molecule has 3 nitrogen and oxygen atoms in total. The van der Waals surface area contributed by atoms with Crippen molar-refractivity contribution in [3.8, 4) is 0 Å². The smallest absolute Gasteiger partial charge is 0.372 e. The predicted octanol–water partition coefficient (Wildman–Crippen LogP) is 3.43. The fourth-order valence-electron chi connectivity index (χ4n) is 5.81. The number of hydrogen-bond donors (Lipinski definition) is 0. The number of ether oxygens (including phenoxy) is 1. The highest BCUT2D eigenvalue weighted by molar-refractivity contribution is 5.67. The van der Waals surface area contributed by atoms with E-state index in [1.54, 1.807) is 0 Å². The molecule has 0 saturated heterocycles. The summed E-state index contributed by atoms with van der Waals surface area (Å²) in [5.74, 6) is 2.81. The number of nitrogens with zero attached hydrogens (tertiary/aromatic N) is 1. The number of rotatable bonds is 5. The van der Waals surface area contributed by atoms with Crippen molar-refractivity contribution >= 4 is 5.97 Å². The van der Waals surface area contributed by atoms with Crippen molar-refractivity contribution in [3.63, 3.8) is 0 Å². The van der Waals surface area contributed by atoms with Crippen molar-refractivity contribution in [2.45, 2.75) is 58.4 Å². The van der Waals surface area contributed by atoms with Gasteiger partial charge in [0.2, 0.25) is 6.54 Å². The van der Waals surface area contributed by atoms with E-state index in [9.17, 15) is 4.79 Å². The first-order valence-electron chi connectivity index (χ1n) is 9.22. The third kappa shape index (κ3) is 3.29. The molecule has 124 valence electrons. The van der Waals surface area contributed by atoms with Gasteiger partial charge in [-0.25, -0.2) is 4.79 Å². The zero-order chi connectivity index (χ0) is 15.9. The lowest BCUT2D eigenvalue weighted by molar-refractivity contribution is -0.686. The second-order valence-corrected chi connectivity index (χ2v) is 8.44. The Kier molecular flexibility index (Phi) is 3.90. The Balaban J connectivity index is 1.27. The summed E-state index contributed by atoms with van der Waals surface area (Å²) in [6.07, 6.45) is 13.6. The molecule has 5 rings (SSSR count). The third-order valence-electron chi connectivity index (χ3n) is 6.43. The van der Waals surface area contributed by atoms with E-state index in [0.717, 1.165) is 24.2 Å². The average Bonchev–Trinajstić information content (AvgIpc) is 2.48. The maximum atomic E-state index is 12.0. The topological polar surface area (TPSA) is 30.2 Å². The zero-order valence-corrected chi connectivity index (χ0v) is 14.2. The molecule has 4 fully saturated rings. The van der Waals surface area contributed by atoms with E-state index < -0.39 is 0 Å². The number of carbonyl (C=O) groups excluding carboxylic acids is 1. The number of aromatic nitrogens is 1. The standard InChI is InChI=1S/C20H28NO2/c1-15-2-5-21(6-3-15)14-19(22)23-7-4-20-11-16-8-17(12-20)10-18(9-16)13-20/h2-3,5-6,16-18H,4,7-14H2,1H3/q+1. The molecular formula is C20H28NO2+. The number of carbonyl (C=O) groups is 1. The third-order valence-corrected chi connectivity index (χ3v) is 6.43. The van der Waals surface area contributed by atoms with Crippen molar-refractivity contribution in [1.29, 1.82) is 0 Å². The first-order valence-corrected chi connectivity index (χ1v) is 9.22. The van der Waals surface area contributed by atoms with E-state index in [4.69, 9.17) is 4.74 Å².